The number of rotatable bonds is 21. The van der Waals surface area contributed by atoms with Crippen molar-refractivity contribution < 1.29 is 16.5 Å². The molecule has 0 saturated heterocycles. The minimum absolute atomic E-state index is 0. The molecule has 0 heterocycles. The molecule has 0 aliphatic rings. The van der Waals surface area contributed by atoms with Crippen LogP contribution in [0.25, 0.3) is 0 Å². The van der Waals surface area contributed by atoms with Gasteiger partial charge < -0.3 is 0 Å². The molecule has 2 aromatic carbocycles. The molecule has 37 heavy (non-hydrogen) atoms. The van der Waals surface area contributed by atoms with Crippen LogP contribution in [0, 0.1) is 0 Å². The zero-order chi connectivity index (χ0) is 25.5. The second-order valence-corrected chi connectivity index (χ2v) is 10.3. The molecule has 0 spiro atoms. The van der Waals surface area contributed by atoms with Crippen LogP contribution < -0.4 is 0 Å². The summed E-state index contributed by atoms with van der Waals surface area (Å²) in [5.41, 5.74) is 4.81. The van der Waals surface area contributed by atoms with Crippen LogP contribution in [0.3, 0.4) is 0 Å². The van der Waals surface area contributed by atoms with Gasteiger partial charge in [0.15, 0.2) is 0 Å². The Balaban J connectivity index is 0.00000684. The second kappa shape index (κ2) is 23.4. The standard InChI is InChI=1S/C34H52N2.Ni/c1-3-5-7-9-11-13-15-17-19-31-21-25-33(26-22-31)35-29-30-36-34-27-23-32(24-28-34)20-18-16-14-12-10-8-6-4-2;/h21-30H,3-20H2,1-2H3;. The van der Waals surface area contributed by atoms with Gasteiger partial charge in [0.05, 0.1) is 11.4 Å². The number of unbranched alkanes of at least 4 members (excludes halogenated alkanes) is 14. The van der Waals surface area contributed by atoms with Crippen molar-refractivity contribution >= 4 is 23.8 Å². The number of aliphatic imine (C=N–C) groups is 2. The van der Waals surface area contributed by atoms with E-state index in [0.29, 0.717) is 0 Å². The molecule has 0 unspecified atom stereocenters. The molecule has 0 saturated carbocycles. The van der Waals surface area contributed by atoms with E-state index in [1.165, 1.54) is 127 Å². The third-order valence-electron chi connectivity index (χ3n) is 7.02. The van der Waals surface area contributed by atoms with Gasteiger partial charge in [-0.25, -0.2) is 0 Å². The van der Waals surface area contributed by atoms with E-state index in [1.54, 1.807) is 12.4 Å². The van der Waals surface area contributed by atoms with Gasteiger partial charge in [-0.15, -0.1) is 0 Å². The van der Waals surface area contributed by atoms with Crippen molar-refractivity contribution in [2.24, 2.45) is 9.98 Å². The Bertz CT molecular complexity index is 752. The number of hydrogen-bond donors (Lipinski definition) is 0. The minimum Gasteiger partial charge on any atom is -0.255 e. The first-order chi connectivity index (χ1) is 17.8. The van der Waals surface area contributed by atoms with Crippen LogP contribution in [0.1, 0.15) is 128 Å². The zero-order valence-corrected chi connectivity index (χ0v) is 24.7. The summed E-state index contributed by atoms with van der Waals surface area (Å²) in [6, 6.07) is 17.3. The summed E-state index contributed by atoms with van der Waals surface area (Å²) in [6.45, 7) is 4.56. The Morgan fingerprint density at radius 2 is 0.730 bits per heavy atom. The number of benzene rings is 2. The maximum absolute atomic E-state index is 4.53. The topological polar surface area (TPSA) is 24.7 Å². The van der Waals surface area contributed by atoms with Gasteiger partial charge in [-0.3, -0.25) is 9.98 Å². The SMILES string of the molecule is CCCCCCCCCCc1ccc(N=CC=Nc2ccc(CCCCCCCCCC)cc2)cc1.[Ni]. The van der Waals surface area contributed by atoms with Gasteiger partial charge in [-0.05, 0) is 61.1 Å². The zero-order valence-electron chi connectivity index (χ0n) is 23.7. The van der Waals surface area contributed by atoms with Gasteiger partial charge >= 0.3 is 0 Å². The Kier molecular flexibility index (Phi) is 21.1. The summed E-state index contributed by atoms with van der Waals surface area (Å²) in [5.74, 6) is 0. The fourth-order valence-electron chi connectivity index (χ4n) is 4.66. The summed E-state index contributed by atoms with van der Waals surface area (Å²) in [6.07, 6.45) is 27.9. The maximum atomic E-state index is 4.53. The molecule has 0 radical (unpaired) electrons. The van der Waals surface area contributed by atoms with Crippen molar-refractivity contribution in [2.75, 3.05) is 0 Å². The first kappa shape index (κ1) is 33.3. The molecule has 0 N–H and O–H groups in total. The van der Waals surface area contributed by atoms with E-state index in [-0.39, 0.29) is 16.5 Å². The molecule has 2 rings (SSSR count). The molecule has 0 amide bonds. The quantitative estimate of drug-likeness (QED) is 0.0844. The van der Waals surface area contributed by atoms with E-state index in [4.69, 9.17) is 0 Å². The molecule has 2 nitrogen and oxygen atoms in total. The fourth-order valence-corrected chi connectivity index (χ4v) is 4.66. The van der Waals surface area contributed by atoms with E-state index in [9.17, 15) is 0 Å². The van der Waals surface area contributed by atoms with Crippen LogP contribution in [0.4, 0.5) is 11.4 Å². The molecule has 0 aliphatic carbocycles. The van der Waals surface area contributed by atoms with E-state index >= 15 is 0 Å². The summed E-state index contributed by atoms with van der Waals surface area (Å²) >= 11 is 0. The van der Waals surface area contributed by atoms with E-state index < -0.39 is 0 Å². The Hall–Kier alpha value is -1.73. The second-order valence-electron chi connectivity index (χ2n) is 10.3. The monoisotopic (exact) mass is 546 g/mol. The minimum atomic E-state index is 0. The molecule has 208 valence electrons. The molecule has 0 atom stereocenters. The molecule has 0 aliphatic heterocycles. The van der Waals surface area contributed by atoms with Crippen molar-refractivity contribution in [1.29, 1.82) is 0 Å². The molecule has 0 bridgehead atoms. The first-order valence-electron chi connectivity index (χ1n) is 15.1. The predicted octanol–water partition coefficient (Wildman–Crippen LogP) is 11.2. The Labute approximate surface area is 238 Å². The van der Waals surface area contributed by atoms with Crippen molar-refractivity contribution in [3.8, 4) is 0 Å². The van der Waals surface area contributed by atoms with Gasteiger partial charge in [0.25, 0.3) is 0 Å². The number of hydrogen-bond acceptors (Lipinski definition) is 2. The molecule has 3 heteroatoms. The van der Waals surface area contributed by atoms with Gasteiger partial charge in [0, 0.05) is 28.9 Å². The van der Waals surface area contributed by atoms with Crippen LogP contribution >= 0.6 is 0 Å². The molecule has 0 fully saturated rings. The van der Waals surface area contributed by atoms with E-state index in [2.05, 4.69) is 72.4 Å². The third-order valence-corrected chi connectivity index (χ3v) is 7.02. The normalized spacial score (nSPS) is 11.4. The predicted molar refractivity (Wildman–Crippen MR) is 162 cm³/mol. The van der Waals surface area contributed by atoms with Crippen LogP contribution in [-0.4, -0.2) is 12.4 Å². The maximum Gasteiger partial charge on any atom is 0.0630 e. The smallest absolute Gasteiger partial charge is 0.0630 e. The summed E-state index contributed by atoms with van der Waals surface area (Å²) in [4.78, 5) is 9.06. The average Bonchev–Trinajstić information content (AvgIpc) is 2.91. The summed E-state index contributed by atoms with van der Waals surface area (Å²) in [7, 11) is 0. The fraction of sp³-hybridized carbons (Fsp3) is 0.588. The molecular formula is C34H52N2Ni. The Morgan fingerprint density at radius 3 is 1.05 bits per heavy atom. The molecule has 0 aromatic heterocycles. The number of aryl methyl sites for hydroxylation is 2. The van der Waals surface area contributed by atoms with Gasteiger partial charge in [-0.2, -0.15) is 0 Å². The van der Waals surface area contributed by atoms with Crippen molar-refractivity contribution in [2.45, 2.75) is 129 Å². The van der Waals surface area contributed by atoms with Crippen LogP contribution in [0.2, 0.25) is 0 Å². The van der Waals surface area contributed by atoms with Crippen LogP contribution in [0.15, 0.2) is 58.5 Å². The van der Waals surface area contributed by atoms with Gasteiger partial charge in [0.1, 0.15) is 0 Å². The summed E-state index contributed by atoms with van der Waals surface area (Å²) in [5, 5.41) is 0. The summed E-state index contributed by atoms with van der Waals surface area (Å²) < 4.78 is 0. The van der Waals surface area contributed by atoms with Crippen molar-refractivity contribution in [1.82, 2.24) is 0 Å². The van der Waals surface area contributed by atoms with Gasteiger partial charge in [-0.1, -0.05) is 128 Å². The van der Waals surface area contributed by atoms with E-state index in [0.717, 1.165) is 11.4 Å². The largest absolute Gasteiger partial charge is 0.255 e. The first-order valence-corrected chi connectivity index (χ1v) is 15.1. The third kappa shape index (κ3) is 17.4. The van der Waals surface area contributed by atoms with Crippen LogP contribution in [0.5, 0.6) is 0 Å². The number of nitrogens with zero attached hydrogens (tertiary/aromatic N) is 2. The molecular weight excluding hydrogens is 495 g/mol. The Morgan fingerprint density at radius 1 is 0.432 bits per heavy atom. The van der Waals surface area contributed by atoms with Gasteiger partial charge in [0.2, 0.25) is 0 Å². The molecule has 2 aromatic rings. The van der Waals surface area contributed by atoms with Crippen molar-refractivity contribution in [3.63, 3.8) is 0 Å². The van der Waals surface area contributed by atoms with E-state index in [1.807, 2.05) is 0 Å². The van der Waals surface area contributed by atoms with Crippen molar-refractivity contribution in [3.05, 3.63) is 59.7 Å². The van der Waals surface area contributed by atoms with Crippen LogP contribution in [-0.2, 0) is 29.3 Å². The average molecular weight is 547 g/mol.